The highest BCUT2D eigenvalue weighted by Crippen LogP contribution is 2.40. The molecule has 2 unspecified atom stereocenters. The molecule has 48 heavy (non-hydrogen) atoms. The Morgan fingerprint density at radius 1 is 0.896 bits per heavy atom. The minimum Gasteiger partial charge on any atom is -0.465 e. The van der Waals surface area contributed by atoms with E-state index in [1.54, 1.807) is 41.3 Å². The summed E-state index contributed by atoms with van der Waals surface area (Å²) < 4.78 is 30.0. The molecule has 2 amide bonds. The molecule has 4 aromatic carbocycles. The number of carbonyl (C=O) groups excluding carboxylic acids is 2. The third-order valence-electron chi connectivity index (χ3n) is 7.92. The lowest BCUT2D eigenvalue weighted by molar-refractivity contribution is 0.0600. The Hall–Kier alpha value is -4.32. The van der Waals surface area contributed by atoms with E-state index in [2.05, 4.69) is 34.3 Å². The van der Waals surface area contributed by atoms with Gasteiger partial charge in [-0.2, -0.15) is 0 Å². The van der Waals surface area contributed by atoms with Crippen molar-refractivity contribution in [2.75, 3.05) is 31.2 Å². The first-order chi connectivity index (χ1) is 23.1. The Kier molecular flexibility index (Phi) is 11.8. The first-order valence-electron chi connectivity index (χ1n) is 15.4. The van der Waals surface area contributed by atoms with E-state index in [1.807, 2.05) is 48.5 Å². The Bertz CT molecular complexity index is 1780. The number of rotatable bonds is 12. The zero-order valence-corrected chi connectivity index (χ0v) is 29.0. The van der Waals surface area contributed by atoms with Gasteiger partial charge < -0.3 is 9.64 Å². The lowest BCUT2D eigenvalue weighted by atomic mass is 9.88. The van der Waals surface area contributed by atoms with Crippen molar-refractivity contribution >= 4 is 56.2 Å². The van der Waals surface area contributed by atoms with E-state index in [9.17, 15) is 18.0 Å². The molecule has 12 heteroatoms. The molecule has 1 aliphatic heterocycles. The van der Waals surface area contributed by atoms with E-state index in [0.29, 0.717) is 42.3 Å². The highest BCUT2D eigenvalue weighted by molar-refractivity contribution is 8.15. The summed E-state index contributed by atoms with van der Waals surface area (Å²) in [6.45, 7) is 0.904. The van der Waals surface area contributed by atoms with E-state index >= 15 is 0 Å². The van der Waals surface area contributed by atoms with Crippen LogP contribution in [0.1, 0.15) is 51.0 Å². The Balaban J connectivity index is 1.33. The van der Waals surface area contributed by atoms with Crippen molar-refractivity contribution < 1.29 is 22.7 Å². The van der Waals surface area contributed by atoms with Crippen molar-refractivity contribution in [1.82, 2.24) is 10.2 Å². The zero-order valence-electron chi connectivity index (χ0n) is 26.6. The molecule has 0 aliphatic carbocycles. The summed E-state index contributed by atoms with van der Waals surface area (Å²) in [5, 5.41) is 3.40. The van der Waals surface area contributed by atoms with Gasteiger partial charge in [0, 0.05) is 24.7 Å². The number of hydrogen-bond acceptors (Lipinski definition) is 7. The molecule has 1 heterocycles. The van der Waals surface area contributed by atoms with Gasteiger partial charge in [-0.05, 0) is 59.4 Å². The number of anilines is 1. The predicted molar refractivity (Wildman–Crippen MR) is 193 cm³/mol. The van der Waals surface area contributed by atoms with Crippen LogP contribution in [-0.2, 0) is 21.2 Å². The Morgan fingerprint density at radius 2 is 1.50 bits per heavy atom. The maximum atomic E-state index is 13.9. The molecule has 0 saturated heterocycles. The first-order valence-corrected chi connectivity index (χ1v) is 18.6. The van der Waals surface area contributed by atoms with Crippen LogP contribution in [0.4, 0.5) is 10.5 Å². The number of amides is 2. The summed E-state index contributed by atoms with van der Waals surface area (Å²) in [6.07, 6.45) is 2.36. The molecular formula is C36H37ClN4O5S2. The number of benzene rings is 4. The Morgan fingerprint density at radius 3 is 2.06 bits per heavy atom. The van der Waals surface area contributed by atoms with Crippen LogP contribution in [0.2, 0.25) is 0 Å². The van der Waals surface area contributed by atoms with Crippen LogP contribution in [0, 0.1) is 0 Å². The number of amidine groups is 1. The third-order valence-corrected chi connectivity index (χ3v) is 9.95. The van der Waals surface area contributed by atoms with Crippen molar-refractivity contribution in [2.45, 2.75) is 29.5 Å². The van der Waals surface area contributed by atoms with Crippen molar-refractivity contribution in [1.29, 1.82) is 0 Å². The number of carbonyl (C=O) groups is 2. The number of hydrogen-bond donors (Lipinski definition) is 2. The lowest BCUT2D eigenvalue weighted by Gasteiger charge is -2.26. The molecule has 0 fully saturated rings. The standard InChI is InChI=1S/C36H37ClN4O5S2/c1-46-34(42)29-15-13-25(14-16-29)21-23-41(24-22-31(26-9-5-3-6-10-26)27-11-7-4-8-12-27)36(43)39-35-38-32(33(37)47-35)28-17-19-30(20-18-28)40-48(2,44)45/h3-20,31-33,40H,21-24H2,1-2H3,(H,38,39,43). The molecule has 0 radical (unpaired) electrons. The molecule has 0 spiro atoms. The van der Waals surface area contributed by atoms with Gasteiger partial charge in [0.05, 0.1) is 18.9 Å². The monoisotopic (exact) mass is 704 g/mol. The summed E-state index contributed by atoms with van der Waals surface area (Å²) in [5.74, 6) is -0.320. The van der Waals surface area contributed by atoms with Crippen molar-refractivity contribution in [3.05, 3.63) is 137 Å². The van der Waals surface area contributed by atoms with Gasteiger partial charge in [0.25, 0.3) is 0 Å². The largest absolute Gasteiger partial charge is 0.465 e. The van der Waals surface area contributed by atoms with E-state index in [-0.39, 0.29) is 11.9 Å². The van der Waals surface area contributed by atoms with E-state index in [0.717, 1.165) is 17.4 Å². The minimum absolute atomic E-state index is 0.0806. The first kappa shape index (κ1) is 35.0. The molecule has 1 aliphatic rings. The van der Waals surface area contributed by atoms with Crippen molar-refractivity contribution in [3.63, 3.8) is 0 Å². The smallest absolute Gasteiger partial charge is 0.337 e. The second kappa shape index (κ2) is 16.2. The number of urea groups is 1. The second-order valence-electron chi connectivity index (χ2n) is 11.4. The fourth-order valence-electron chi connectivity index (χ4n) is 5.49. The highest BCUT2D eigenvalue weighted by Gasteiger charge is 2.32. The van der Waals surface area contributed by atoms with Gasteiger partial charge in [-0.3, -0.25) is 15.0 Å². The van der Waals surface area contributed by atoms with Crippen LogP contribution in [0.15, 0.2) is 114 Å². The predicted octanol–water partition coefficient (Wildman–Crippen LogP) is 7.03. The van der Waals surface area contributed by atoms with Crippen LogP contribution >= 0.6 is 23.4 Å². The minimum atomic E-state index is -3.40. The number of ether oxygens (including phenoxy) is 1. The number of halogens is 1. The van der Waals surface area contributed by atoms with Gasteiger partial charge in [-0.25, -0.2) is 18.0 Å². The third kappa shape index (κ3) is 9.62. The molecule has 250 valence electrons. The summed E-state index contributed by atoms with van der Waals surface area (Å²) in [6, 6.07) is 33.9. The molecule has 0 bridgehead atoms. The maximum absolute atomic E-state index is 13.9. The average molecular weight is 705 g/mol. The number of thioether (sulfide) groups is 1. The average Bonchev–Trinajstić information content (AvgIpc) is 3.45. The van der Waals surface area contributed by atoms with Crippen molar-refractivity contribution in [3.8, 4) is 0 Å². The molecule has 4 aromatic rings. The zero-order chi connectivity index (χ0) is 34.1. The molecule has 0 saturated carbocycles. The van der Waals surface area contributed by atoms with Crippen LogP contribution in [-0.4, -0.2) is 61.6 Å². The topological polar surface area (TPSA) is 117 Å². The number of alkyl halides is 1. The van der Waals surface area contributed by atoms with Crippen LogP contribution in [0.25, 0.3) is 0 Å². The van der Waals surface area contributed by atoms with Crippen LogP contribution in [0.5, 0.6) is 0 Å². The molecule has 5 rings (SSSR count). The molecule has 2 N–H and O–H groups in total. The number of methoxy groups -OCH3 is 1. The number of aliphatic imine (C=N–C) groups is 1. The number of nitrogens with zero attached hydrogens (tertiary/aromatic N) is 2. The normalized spacial score (nSPS) is 15.9. The second-order valence-corrected chi connectivity index (χ2v) is 15.0. The summed E-state index contributed by atoms with van der Waals surface area (Å²) in [7, 11) is -2.05. The highest BCUT2D eigenvalue weighted by atomic mass is 35.5. The lowest BCUT2D eigenvalue weighted by Crippen LogP contribution is -2.43. The fraction of sp³-hybridized carbons (Fsp3) is 0.250. The summed E-state index contributed by atoms with van der Waals surface area (Å²) in [4.78, 5) is 32.3. The van der Waals surface area contributed by atoms with E-state index in [1.165, 1.54) is 30.0 Å². The van der Waals surface area contributed by atoms with E-state index in [4.69, 9.17) is 21.3 Å². The van der Waals surface area contributed by atoms with Gasteiger partial charge in [0.15, 0.2) is 5.17 Å². The van der Waals surface area contributed by atoms with Gasteiger partial charge in [-0.1, -0.05) is 96.7 Å². The van der Waals surface area contributed by atoms with Crippen LogP contribution < -0.4 is 10.0 Å². The molecule has 2 atom stereocenters. The van der Waals surface area contributed by atoms with E-state index < -0.39 is 26.7 Å². The fourth-order valence-corrected chi connectivity index (χ4v) is 7.39. The summed E-state index contributed by atoms with van der Waals surface area (Å²) >= 11 is 7.95. The maximum Gasteiger partial charge on any atom is 0.337 e. The molecule has 0 aromatic heterocycles. The number of nitrogens with one attached hydrogen (secondary N) is 2. The van der Waals surface area contributed by atoms with Gasteiger partial charge in [0.1, 0.15) is 10.8 Å². The number of sulfonamides is 1. The Labute approximate surface area is 290 Å². The SMILES string of the molecule is COC(=O)c1ccc(CCN(CCC(c2ccccc2)c2ccccc2)C(=O)NC2=NC(c3ccc(NS(C)(=O)=O)cc3)C(Cl)S2)cc1. The van der Waals surface area contributed by atoms with Crippen molar-refractivity contribution in [2.24, 2.45) is 4.99 Å². The molecular weight excluding hydrogens is 668 g/mol. The van der Waals surface area contributed by atoms with Crippen LogP contribution in [0.3, 0.4) is 0 Å². The van der Waals surface area contributed by atoms with Gasteiger partial charge >= 0.3 is 12.0 Å². The van der Waals surface area contributed by atoms with Gasteiger partial charge in [-0.15, -0.1) is 11.6 Å². The quantitative estimate of drug-likeness (QED) is 0.121. The summed E-state index contributed by atoms with van der Waals surface area (Å²) in [5.41, 5.74) is 5.02. The van der Waals surface area contributed by atoms with Gasteiger partial charge in [0.2, 0.25) is 10.0 Å². The number of esters is 1. The molecule has 9 nitrogen and oxygen atoms in total.